The Hall–Kier alpha value is -1.37. The topological polar surface area (TPSA) is 44.0 Å². The highest BCUT2D eigenvalue weighted by molar-refractivity contribution is 14.1. The van der Waals surface area contributed by atoms with Gasteiger partial charge in [0.15, 0.2) is 0 Å². The molecule has 0 N–H and O–H groups in total. The molecule has 2 aromatic rings. The summed E-state index contributed by atoms with van der Waals surface area (Å²) in [4.78, 5) is 24.2. The van der Waals surface area contributed by atoms with E-state index in [2.05, 4.69) is 12.1 Å². The summed E-state index contributed by atoms with van der Waals surface area (Å²) < 4.78 is 3.54. The SMILES string of the molecule is CCn1cc(I)c(=O)n(CCCCc2ccccc2)c1=O. The minimum Gasteiger partial charge on any atom is -0.300 e. The maximum atomic E-state index is 12.2. The molecular weight excluding hydrogens is 379 g/mol. The Bertz CT molecular complexity index is 704. The summed E-state index contributed by atoms with van der Waals surface area (Å²) in [7, 11) is 0. The molecule has 1 heterocycles. The maximum Gasteiger partial charge on any atom is 0.331 e. The summed E-state index contributed by atoms with van der Waals surface area (Å²) in [6.45, 7) is 2.97. The smallest absolute Gasteiger partial charge is 0.300 e. The third-order valence-electron chi connectivity index (χ3n) is 3.48. The van der Waals surface area contributed by atoms with Crippen LogP contribution in [0.5, 0.6) is 0 Å². The lowest BCUT2D eigenvalue weighted by Gasteiger charge is -2.09. The molecule has 0 amide bonds. The lowest BCUT2D eigenvalue weighted by atomic mass is 10.1. The third-order valence-corrected chi connectivity index (χ3v) is 4.22. The zero-order valence-electron chi connectivity index (χ0n) is 12.1. The standard InChI is InChI=1S/C16H19IN2O2/c1-2-18-12-14(17)15(20)19(16(18)21)11-7-6-10-13-8-4-3-5-9-13/h3-5,8-9,12H,2,6-7,10-11H2,1H3. The Kier molecular flexibility index (Phi) is 5.78. The Morgan fingerprint density at radius 3 is 2.48 bits per heavy atom. The molecule has 112 valence electrons. The molecule has 0 radical (unpaired) electrons. The van der Waals surface area contributed by atoms with Crippen molar-refractivity contribution in [3.63, 3.8) is 0 Å². The molecule has 0 bridgehead atoms. The first-order valence-electron chi connectivity index (χ1n) is 7.17. The van der Waals surface area contributed by atoms with E-state index >= 15 is 0 Å². The fourth-order valence-corrected chi connectivity index (χ4v) is 2.91. The molecule has 0 spiro atoms. The fourth-order valence-electron chi connectivity index (χ4n) is 2.29. The van der Waals surface area contributed by atoms with E-state index in [1.165, 1.54) is 10.1 Å². The molecule has 1 aromatic carbocycles. The third kappa shape index (κ3) is 4.06. The predicted octanol–water partition coefficient (Wildman–Crippen LogP) is 2.66. The normalized spacial score (nSPS) is 10.8. The molecule has 0 saturated carbocycles. The quantitative estimate of drug-likeness (QED) is 0.555. The molecule has 2 rings (SSSR count). The Labute approximate surface area is 137 Å². The number of rotatable bonds is 6. The molecule has 0 saturated heterocycles. The van der Waals surface area contributed by atoms with E-state index in [0.717, 1.165) is 19.3 Å². The number of aromatic nitrogens is 2. The monoisotopic (exact) mass is 398 g/mol. The molecule has 0 aliphatic rings. The summed E-state index contributed by atoms with van der Waals surface area (Å²) >= 11 is 1.99. The Morgan fingerprint density at radius 2 is 1.81 bits per heavy atom. The molecule has 0 aliphatic heterocycles. The van der Waals surface area contributed by atoms with Crippen LogP contribution >= 0.6 is 22.6 Å². The lowest BCUT2D eigenvalue weighted by molar-refractivity contribution is 0.528. The minimum atomic E-state index is -0.206. The molecule has 5 heteroatoms. The minimum absolute atomic E-state index is 0.176. The van der Waals surface area contributed by atoms with Gasteiger partial charge in [0.2, 0.25) is 0 Å². The predicted molar refractivity (Wildman–Crippen MR) is 92.7 cm³/mol. The van der Waals surface area contributed by atoms with E-state index < -0.39 is 0 Å². The van der Waals surface area contributed by atoms with Crippen LogP contribution in [0.3, 0.4) is 0 Å². The first-order chi connectivity index (χ1) is 10.1. The second-order valence-corrected chi connectivity index (χ2v) is 6.11. The summed E-state index contributed by atoms with van der Waals surface area (Å²) in [5.41, 5.74) is 0.908. The molecule has 0 atom stereocenters. The van der Waals surface area contributed by atoms with Crippen LogP contribution in [0.2, 0.25) is 0 Å². The number of halogens is 1. The van der Waals surface area contributed by atoms with Gasteiger partial charge < -0.3 is 0 Å². The molecule has 0 unspecified atom stereocenters. The van der Waals surface area contributed by atoms with E-state index in [0.29, 0.717) is 16.7 Å². The number of unbranched alkanes of at least 4 members (excludes halogenated alkanes) is 1. The average molecular weight is 398 g/mol. The maximum absolute atomic E-state index is 12.2. The van der Waals surface area contributed by atoms with Crippen molar-refractivity contribution in [2.24, 2.45) is 0 Å². The van der Waals surface area contributed by atoms with Crippen LogP contribution in [-0.2, 0) is 19.5 Å². The number of hydrogen-bond donors (Lipinski definition) is 0. The highest BCUT2D eigenvalue weighted by atomic mass is 127. The van der Waals surface area contributed by atoms with Gasteiger partial charge in [-0.2, -0.15) is 0 Å². The number of benzene rings is 1. The first-order valence-corrected chi connectivity index (χ1v) is 8.25. The highest BCUT2D eigenvalue weighted by Crippen LogP contribution is 2.05. The number of nitrogens with zero attached hydrogens (tertiary/aromatic N) is 2. The van der Waals surface area contributed by atoms with Gasteiger partial charge in [0.1, 0.15) is 0 Å². The van der Waals surface area contributed by atoms with Gasteiger partial charge in [0.25, 0.3) is 5.56 Å². The van der Waals surface area contributed by atoms with Crippen molar-refractivity contribution < 1.29 is 0 Å². The van der Waals surface area contributed by atoms with Crippen LogP contribution < -0.4 is 11.2 Å². The largest absolute Gasteiger partial charge is 0.331 e. The van der Waals surface area contributed by atoms with Crippen LogP contribution in [-0.4, -0.2) is 9.13 Å². The van der Waals surface area contributed by atoms with Crippen LogP contribution in [0.4, 0.5) is 0 Å². The van der Waals surface area contributed by atoms with E-state index in [-0.39, 0.29) is 11.2 Å². The van der Waals surface area contributed by atoms with Crippen molar-refractivity contribution in [1.29, 1.82) is 0 Å². The van der Waals surface area contributed by atoms with Crippen molar-refractivity contribution in [2.45, 2.75) is 39.3 Å². The van der Waals surface area contributed by atoms with Gasteiger partial charge in [0.05, 0.1) is 3.57 Å². The molecule has 0 aliphatic carbocycles. The summed E-state index contributed by atoms with van der Waals surface area (Å²) in [5.74, 6) is 0. The van der Waals surface area contributed by atoms with Gasteiger partial charge in [0, 0.05) is 19.3 Å². The van der Waals surface area contributed by atoms with E-state index in [1.54, 1.807) is 10.8 Å². The molecule has 4 nitrogen and oxygen atoms in total. The van der Waals surface area contributed by atoms with Crippen molar-refractivity contribution in [1.82, 2.24) is 9.13 Å². The van der Waals surface area contributed by atoms with Crippen LogP contribution in [0.25, 0.3) is 0 Å². The Balaban J connectivity index is 2.02. The molecule has 21 heavy (non-hydrogen) atoms. The molecule has 0 fully saturated rings. The molecule has 1 aromatic heterocycles. The van der Waals surface area contributed by atoms with Crippen molar-refractivity contribution in [2.75, 3.05) is 0 Å². The molecular formula is C16H19IN2O2. The zero-order valence-corrected chi connectivity index (χ0v) is 14.2. The summed E-state index contributed by atoms with van der Waals surface area (Å²) in [5, 5.41) is 0. The first kappa shape index (κ1) is 16.0. The van der Waals surface area contributed by atoms with E-state index in [9.17, 15) is 9.59 Å². The van der Waals surface area contributed by atoms with Crippen LogP contribution in [0, 0.1) is 3.57 Å². The van der Waals surface area contributed by atoms with Crippen molar-refractivity contribution in [3.05, 3.63) is 66.5 Å². The Morgan fingerprint density at radius 1 is 1.10 bits per heavy atom. The van der Waals surface area contributed by atoms with Crippen molar-refractivity contribution in [3.8, 4) is 0 Å². The van der Waals surface area contributed by atoms with Crippen molar-refractivity contribution >= 4 is 22.6 Å². The van der Waals surface area contributed by atoms with E-state index in [1.807, 2.05) is 47.7 Å². The van der Waals surface area contributed by atoms with Gasteiger partial charge >= 0.3 is 5.69 Å². The van der Waals surface area contributed by atoms with Gasteiger partial charge in [-0.25, -0.2) is 4.79 Å². The van der Waals surface area contributed by atoms with Gasteiger partial charge in [-0.05, 0) is 54.3 Å². The van der Waals surface area contributed by atoms with E-state index in [4.69, 9.17) is 0 Å². The summed E-state index contributed by atoms with van der Waals surface area (Å²) in [6.07, 6.45) is 4.40. The summed E-state index contributed by atoms with van der Waals surface area (Å²) in [6, 6.07) is 10.3. The number of hydrogen-bond acceptors (Lipinski definition) is 2. The van der Waals surface area contributed by atoms with Crippen LogP contribution in [0.1, 0.15) is 25.3 Å². The van der Waals surface area contributed by atoms with Gasteiger partial charge in [-0.15, -0.1) is 0 Å². The zero-order chi connectivity index (χ0) is 15.2. The second kappa shape index (κ2) is 7.59. The van der Waals surface area contributed by atoms with Gasteiger partial charge in [-0.3, -0.25) is 13.9 Å². The fraction of sp³-hybridized carbons (Fsp3) is 0.375. The number of aryl methyl sites for hydroxylation is 2. The van der Waals surface area contributed by atoms with Crippen LogP contribution in [0.15, 0.2) is 46.1 Å². The van der Waals surface area contributed by atoms with Gasteiger partial charge in [-0.1, -0.05) is 30.3 Å². The average Bonchev–Trinajstić information content (AvgIpc) is 2.51. The lowest BCUT2D eigenvalue weighted by Crippen LogP contribution is -2.40. The second-order valence-electron chi connectivity index (χ2n) is 4.95. The highest BCUT2D eigenvalue weighted by Gasteiger charge is 2.08.